The van der Waals surface area contributed by atoms with Crippen molar-refractivity contribution in [1.82, 2.24) is 4.72 Å². The Morgan fingerprint density at radius 1 is 1.19 bits per heavy atom. The predicted octanol–water partition coefficient (Wildman–Crippen LogP) is 2.29. The van der Waals surface area contributed by atoms with Crippen LogP contribution < -0.4 is 10.5 Å². The second-order valence-electron chi connectivity index (χ2n) is 6.06. The summed E-state index contributed by atoms with van der Waals surface area (Å²) in [6.45, 7) is 3.34. The van der Waals surface area contributed by atoms with Gasteiger partial charge in [0.25, 0.3) is 0 Å². The zero-order valence-corrected chi connectivity index (χ0v) is 13.5. The van der Waals surface area contributed by atoms with Crippen LogP contribution in [0.25, 0.3) is 0 Å². The summed E-state index contributed by atoms with van der Waals surface area (Å²) >= 11 is 0. The summed E-state index contributed by atoms with van der Waals surface area (Å²) < 4.78 is 27.4. The van der Waals surface area contributed by atoms with Crippen molar-refractivity contribution in [3.05, 3.63) is 29.8 Å². The van der Waals surface area contributed by atoms with Gasteiger partial charge >= 0.3 is 0 Å². The zero-order chi connectivity index (χ0) is 15.3. The van der Waals surface area contributed by atoms with Crippen molar-refractivity contribution in [2.75, 3.05) is 13.1 Å². The Hall–Kier alpha value is -0.910. The number of sulfonamides is 1. The van der Waals surface area contributed by atoms with Gasteiger partial charge < -0.3 is 5.73 Å². The first kappa shape index (κ1) is 16.5. The highest BCUT2D eigenvalue weighted by Crippen LogP contribution is 2.29. The summed E-state index contributed by atoms with van der Waals surface area (Å²) in [5.74, 6) is 1.07. The Morgan fingerprint density at radius 3 is 2.48 bits per heavy atom. The summed E-state index contributed by atoms with van der Waals surface area (Å²) in [6.07, 6.45) is 5.59. The SMILES string of the molecule is CC1CCCCC1CNS(=O)(=O)c1ccc(CCN)cc1. The molecule has 1 aromatic carbocycles. The van der Waals surface area contributed by atoms with Crippen LogP contribution in [-0.4, -0.2) is 21.5 Å². The molecular formula is C16H26N2O2S. The number of hydrogen-bond donors (Lipinski definition) is 2. The maximum absolute atomic E-state index is 12.3. The van der Waals surface area contributed by atoms with Crippen molar-refractivity contribution >= 4 is 10.0 Å². The molecule has 1 fully saturated rings. The van der Waals surface area contributed by atoms with Gasteiger partial charge in [-0.1, -0.05) is 38.3 Å². The third kappa shape index (κ3) is 4.53. The molecule has 0 saturated heterocycles. The molecule has 5 heteroatoms. The van der Waals surface area contributed by atoms with E-state index < -0.39 is 10.0 Å². The molecule has 2 rings (SSSR count). The van der Waals surface area contributed by atoms with Gasteiger partial charge in [0.15, 0.2) is 0 Å². The molecule has 1 aliphatic carbocycles. The van der Waals surface area contributed by atoms with Gasteiger partial charge in [-0.25, -0.2) is 13.1 Å². The molecule has 0 radical (unpaired) electrons. The van der Waals surface area contributed by atoms with E-state index in [0.717, 1.165) is 18.4 Å². The third-order valence-corrected chi connectivity index (χ3v) is 5.93. The van der Waals surface area contributed by atoms with Crippen molar-refractivity contribution in [1.29, 1.82) is 0 Å². The van der Waals surface area contributed by atoms with Crippen LogP contribution in [0.5, 0.6) is 0 Å². The smallest absolute Gasteiger partial charge is 0.240 e. The molecule has 4 nitrogen and oxygen atoms in total. The largest absolute Gasteiger partial charge is 0.330 e. The Kier molecular flexibility index (Phi) is 5.79. The number of benzene rings is 1. The van der Waals surface area contributed by atoms with Gasteiger partial charge in [-0.2, -0.15) is 0 Å². The van der Waals surface area contributed by atoms with E-state index in [1.807, 2.05) is 12.1 Å². The Morgan fingerprint density at radius 2 is 1.86 bits per heavy atom. The molecule has 2 atom stereocenters. The van der Waals surface area contributed by atoms with Crippen LogP contribution in [0.3, 0.4) is 0 Å². The first-order valence-electron chi connectivity index (χ1n) is 7.81. The molecule has 21 heavy (non-hydrogen) atoms. The van der Waals surface area contributed by atoms with Crippen LogP contribution in [-0.2, 0) is 16.4 Å². The van der Waals surface area contributed by atoms with Gasteiger partial charge in [0.05, 0.1) is 4.90 Å². The van der Waals surface area contributed by atoms with E-state index in [1.54, 1.807) is 12.1 Å². The average Bonchev–Trinajstić information content (AvgIpc) is 2.47. The van der Waals surface area contributed by atoms with Crippen LogP contribution >= 0.6 is 0 Å². The topological polar surface area (TPSA) is 72.2 Å². The van der Waals surface area contributed by atoms with Gasteiger partial charge in [-0.15, -0.1) is 0 Å². The molecule has 0 heterocycles. The lowest BCUT2D eigenvalue weighted by atomic mass is 9.81. The lowest BCUT2D eigenvalue weighted by Gasteiger charge is -2.28. The molecular weight excluding hydrogens is 284 g/mol. The molecule has 1 aromatic rings. The van der Waals surface area contributed by atoms with Gasteiger partial charge in [0.2, 0.25) is 10.0 Å². The van der Waals surface area contributed by atoms with Crippen molar-refractivity contribution < 1.29 is 8.42 Å². The third-order valence-electron chi connectivity index (χ3n) is 4.49. The summed E-state index contributed by atoms with van der Waals surface area (Å²) in [4.78, 5) is 0.340. The summed E-state index contributed by atoms with van der Waals surface area (Å²) in [5.41, 5.74) is 6.56. The van der Waals surface area contributed by atoms with Crippen LogP contribution in [0.4, 0.5) is 0 Å². The molecule has 0 spiro atoms. The van der Waals surface area contributed by atoms with E-state index in [0.29, 0.717) is 29.8 Å². The Bertz CT molecular complexity index is 540. The molecule has 0 bridgehead atoms. The van der Waals surface area contributed by atoms with Crippen LogP contribution in [0.1, 0.15) is 38.2 Å². The molecule has 0 aromatic heterocycles. The lowest BCUT2D eigenvalue weighted by molar-refractivity contribution is 0.257. The fraction of sp³-hybridized carbons (Fsp3) is 0.625. The van der Waals surface area contributed by atoms with Crippen LogP contribution in [0.2, 0.25) is 0 Å². The summed E-state index contributed by atoms with van der Waals surface area (Å²) in [6, 6.07) is 7.00. The fourth-order valence-corrected chi connectivity index (χ4v) is 4.09. The van der Waals surface area contributed by atoms with Crippen molar-refractivity contribution in [2.24, 2.45) is 17.6 Å². The summed E-state index contributed by atoms with van der Waals surface area (Å²) in [5, 5.41) is 0. The number of nitrogens with one attached hydrogen (secondary N) is 1. The monoisotopic (exact) mass is 310 g/mol. The van der Waals surface area contributed by atoms with Crippen molar-refractivity contribution in [3.8, 4) is 0 Å². The highest BCUT2D eigenvalue weighted by atomic mass is 32.2. The average molecular weight is 310 g/mol. The molecule has 118 valence electrons. The number of nitrogens with two attached hydrogens (primary N) is 1. The number of hydrogen-bond acceptors (Lipinski definition) is 3. The highest BCUT2D eigenvalue weighted by Gasteiger charge is 2.23. The Balaban J connectivity index is 1.97. The van der Waals surface area contributed by atoms with E-state index in [4.69, 9.17) is 5.73 Å². The quantitative estimate of drug-likeness (QED) is 0.847. The standard InChI is InChI=1S/C16H26N2O2S/c1-13-4-2-3-5-15(13)12-18-21(19,20)16-8-6-14(7-9-16)10-11-17/h6-9,13,15,18H,2-5,10-12,17H2,1H3. The number of rotatable bonds is 6. The van der Waals surface area contributed by atoms with E-state index in [2.05, 4.69) is 11.6 Å². The molecule has 3 N–H and O–H groups in total. The minimum atomic E-state index is -3.40. The molecule has 1 saturated carbocycles. The molecule has 2 unspecified atom stereocenters. The molecule has 0 aliphatic heterocycles. The van der Waals surface area contributed by atoms with E-state index >= 15 is 0 Å². The van der Waals surface area contributed by atoms with E-state index in [-0.39, 0.29) is 0 Å². The van der Waals surface area contributed by atoms with Crippen molar-refractivity contribution in [3.63, 3.8) is 0 Å². The van der Waals surface area contributed by atoms with Gasteiger partial charge in [0.1, 0.15) is 0 Å². The first-order valence-corrected chi connectivity index (χ1v) is 9.30. The predicted molar refractivity (Wildman–Crippen MR) is 85.5 cm³/mol. The van der Waals surface area contributed by atoms with Gasteiger partial charge in [-0.05, 0) is 48.9 Å². The van der Waals surface area contributed by atoms with E-state index in [9.17, 15) is 8.42 Å². The summed E-state index contributed by atoms with van der Waals surface area (Å²) in [7, 11) is -3.40. The lowest BCUT2D eigenvalue weighted by Crippen LogP contribution is -2.33. The molecule has 0 amide bonds. The Labute approximate surface area is 128 Å². The maximum atomic E-state index is 12.3. The normalized spacial score (nSPS) is 23.1. The van der Waals surface area contributed by atoms with E-state index in [1.165, 1.54) is 19.3 Å². The van der Waals surface area contributed by atoms with Crippen LogP contribution in [0.15, 0.2) is 29.2 Å². The van der Waals surface area contributed by atoms with Crippen molar-refractivity contribution in [2.45, 2.75) is 43.9 Å². The minimum Gasteiger partial charge on any atom is -0.330 e. The second kappa shape index (κ2) is 7.38. The zero-order valence-electron chi connectivity index (χ0n) is 12.7. The second-order valence-corrected chi connectivity index (χ2v) is 7.82. The first-order chi connectivity index (χ1) is 10.0. The molecule has 1 aliphatic rings. The maximum Gasteiger partial charge on any atom is 0.240 e. The van der Waals surface area contributed by atoms with Crippen LogP contribution in [0, 0.1) is 11.8 Å². The van der Waals surface area contributed by atoms with Gasteiger partial charge in [-0.3, -0.25) is 0 Å². The van der Waals surface area contributed by atoms with Gasteiger partial charge in [0, 0.05) is 6.54 Å². The minimum absolute atomic E-state index is 0.340. The highest BCUT2D eigenvalue weighted by molar-refractivity contribution is 7.89. The fourth-order valence-electron chi connectivity index (χ4n) is 3.00.